The molecule has 1 atom stereocenters. The molecule has 2 heterocycles. The molecular weight excluding hydrogens is 294 g/mol. The minimum Gasteiger partial charge on any atom is -0.368 e. The van der Waals surface area contributed by atoms with Crippen molar-refractivity contribution in [3.8, 4) is 0 Å². The van der Waals surface area contributed by atoms with E-state index in [1.807, 2.05) is 10.9 Å². The fourth-order valence-electron chi connectivity index (χ4n) is 3.59. The third-order valence-electron chi connectivity index (χ3n) is 5.02. The summed E-state index contributed by atoms with van der Waals surface area (Å²) >= 11 is 0. The minimum absolute atomic E-state index is 0.282. The number of carbonyl (C=O) groups is 2. The van der Waals surface area contributed by atoms with Gasteiger partial charge in [-0.05, 0) is 38.3 Å². The summed E-state index contributed by atoms with van der Waals surface area (Å²) in [6, 6.07) is 1.99. The van der Waals surface area contributed by atoms with E-state index in [2.05, 4.69) is 15.7 Å². The Balaban J connectivity index is 1.70. The van der Waals surface area contributed by atoms with E-state index in [1.165, 1.54) is 0 Å². The number of piperidine rings is 1. The van der Waals surface area contributed by atoms with E-state index in [9.17, 15) is 9.59 Å². The summed E-state index contributed by atoms with van der Waals surface area (Å²) in [7, 11) is 0. The van der Waals surface area contributed by atoms with Gasteiger partial charge in [-0.1, -0.05) is 19.3 Å². The van der Waals surface area contributed by atoms with Crippen molar-refractivity contribution in [2.24, 2.45) is 5.73 Å². The van der Waals surface area contributed by atoms with Gasteiger partial charge in [0.05, 0.1) is 6.04 Å². The van der Waals surface area contributed by atoms with Crippen LogP contribution in [0.1, 0.15) is 61.5 Å². The Morgan fingerprint density at radius 2 is 2.09 bits per heavy atom. The topological polar surface area (TPSA) is 102 Å². The molecule has 3 rings (SSSR count). The number of aromatic nitrogens is 2. The first-order chi connectivity index (χ1) is 11.1. The smallest absolute Gasteiger partial charge is 0.272 e. The molecule has 1 unspecified atom stereocenters. The normalized spacial score (nSPS) is 24.1. The van der Waals surface area contributed by atoms with E-state index in [0.717, 1.165) is 45.2 Å². The standard InChI is InChI=1S/C16H25N5O2/c17-15(23)16(7-2-1-3-8-16)19-14(22)13-6-10-21(20-13)12-5-4-9-18-11-12/h6,10,12,18H,1-5,7-9,11H2,(H2,17,23)(H,19,22). The van der Waals surface area contributed by atoms with Crippen molar-refractivity contribution in [1.29, 1.82) is 0 Å². The highest BCUT2D eigenvalue weighted by molar-refractivity contribution is 5.97. The van der Waals surface area contributed by atoms with Crippen LogP contribution < -0.4 is 16.4 Å². The molecule has 2 amide bonds. The third-order valence-corrected chi connectivity index (χ3v) is 5.02. The number of nitrogens with zero attached hydrogens (tertiary/aromatic N) is 2. The molecular formula is C16H25N5O2. The molecule has 4 N–H and O–H groups in total. The van der Waals surface area contributed by atoms with Crippen molar-refractivity contribution in [1.82, 2.24) is 20.4 Å². The molecule has 1 aromatic heterocycles. The highest BCUT2D eigenvalue weighted by atomic mass is 16.2. The predicted octanol–water partition coefficient (Wildman–Crippen LogP) is 0.726. The average Bonchev–Trinajstić information content (AvgIpc) is 3.06. The van der Waals surface area contributed by atoms with Crippen molar-refractivity contribution in [2.45, 2.75) is 56.5 Å². The monoisotopic (exact) mass is 319 g/mol. The maximum absolute atomic E-state index is 12.5. The molecule has 1 aromatic rings. The van der Waals surface area contributed by atoms with Crippen LogP contribution in [0.5, 0.6) is 0 Å². The van der Waals surface area contributed by atoms with Gasteiger partial charge in [-0.15, -0.1) is 0 Å². The summed E-state index contributed by atoms with van der Waals surface area (Å²) < 4.78 is 1.85. The zero-order valence-electron chi connectivity index (χ0n) is 13.4. The van der Waals surface area contributed by atoms with Crippen molar-refractivity contribution < 1.29 is 9.59 Å². The first-order valence-electron chi connectivity index (χ1n) is 8.49. The van der Waals surface area contributed by atoms with Gasteiger partial charge < -0.3 is 16.4 Å². The molecule has 23 heavy (non-hydrogen) atoms. The Kier molecular flexibility index (Phi) is 4.66. The van der Waals surface area contributed by atoms with E-state index in [4.69, 9.17) is 5.73 Å². The van der Waals surface area contributed by atoms with Crippen LogP contribution >= 0.6 is 0 Å². The number of nitrogens with two attached hydrogens (primary N) is 1. The number of primary amides is 1. The molecule has 2 fully saturated rings. The highest BCUT2D eigenvalue weighted by Gasteiger charge is 2.39. The van der Waals surface area contributed by atoms with Gasteiger partial charge in [-0.3, -0.25) is 14.3 Å². The van der Waals surface area contributed by atoms with Crippen LogP contribution in [0, 0.1) is 0 Å². The van der Waals surface area contributed by atoms with E-state index < -0.39 is 11.4 Å². The zero-order chi connectivity index (χ0) is 16.3. The molecule has 1 aliphatic heterocycles. The van der Waals surface area contributed by atoms with Crippen molar-refractivity contribution in [3.05, 3.63) is 18.0 Å². The lowest BCUT2D eigenvalue weighted by Crippen LogP contribution is -2.58. The molecule has 7 nitrogen and oxygen atoms in total. The summed E-state index contributed by atoms with van der Waals surface area (Å²) in [5.74, 6) is -0.755. The number of hydrogen-bond donors (Lipinski definition) is 3. The Morgan fingerprint density at radius 3 is 2.74 bits per heavy atom. The highest BCUT2D eigenvalue weighted by Crippen LogP contribution is 2.28. The van der Waals surface area contributed by atoms with Gasteiger partial charge in [-0.2, -0.15) is 5.10 Å². The van der Waals surface area contributed by atoms with Crippen LogP contribution in [0.3, 0.4) is 0 Å². The van der Waals surface area contributed by atoms with Crippen LogP contribution in [0.2, 0.25) is 0 Å². The summed E-state index contributed by atoms with van der Waals surface area (Å²) in [6.45, 7) is 1.90. The van der Waals surface area contributed by atoms with Crippen molar-refractivity contribution >= 4 is 11.8 Å². The molecule has 0 spiro atoms. The second kappa shape index (κ2) is 6.70. The summed E-state index contributed by atoms with van der Waals surface area (Å²) in [5.41, 5.74) is 5.00. The van der Waals surface area contributed by atoms with E-state index in [0.29, 0.717) is 18.5 Å². The lowest BCUT2D eigenvalue weighted by atomic mass is 9.81. The minimum atomic E-state index is -0.911. The summed E-state index contributed by atoms with van der Waals surface area (Å²) in [5, 5.41) is 10.6. The van der Waals surface area contributed by atoms with Crippen molar-refractivity contribution in [3.63, 3.8) is 0 Å². The van der Waals surface area contributed by atoms with Crippen LogP contribution in [-0.4, -0.2) is 40.2 Å². The van der Waals surface area contributed by atoms with E-state index in [-0.39, 0.29) is 11.9 Å². The Bertz CT molecular complexity index is 571. The van der Waals surface area contributed by atoms with Gasteiger partial charge in [0, 0.05) is 12.7 Å². The maximum Gasteiger partial charge on any atom is 0.272 e. The number of hydrogen-bond acceptors (Lipinski definition) is 4. The van der Waals surface area contributed by atoms with Gasteiger partial charge in [0.15, 0.2) is 0 Å². The fourth-order valence-corrected chi connectivity index (χ4v) is 3.59. The predicted molar refractivity (Wildman–Crippen MR) is 85.8 cm³/mol. The van der Waals surface area contributed by atoms with Gasteiger partial charge >= 0.3 is 0 Å². The molecule has 1 aliphatic carbocycles. The average molecular weight is 319 g/mol. The van der Waals surface area contributed by atoms with Crippen LogP contribution in [-0.2, 0) is 4.79 Å². The number of rotatable bonds is 4. The van der Waals surface area contributed by atoms with Crippen molar-refractivity contribution in [2.75, 3.05) is 13.1 Å². The van der Waals surface area contributed by atoms with E-state index >= 15 is 0 Å². The third kappa shape index (κ3) is 3.39. The largest absolute Gasteiger partial charge is 0.368 e. The molecule has 7 heteroatoms. The first kappa shape index (κ1) is 16.0. The summed E-state index contributed by atoms with van der Waals surface area (Å²) in [6.07, 6.45) is 8.12. The number of nitrogens with one attached hydrogen (secondary N) is 2. The van der Waals surface area contributed by atoms with Crippen LogP contribution in [0.4, 0.5) is 0 Å². The number of amides is 2. The Hall–Kier alpha value is -1.89. The maximum atomic E-state index is 12.5. The van der Waals surface area contributed by atoms with Crippen LogP contribution in [0.25, 0.3) is 0 Å². The lowest BCUT2D eigenvalue weighted by Gasteiger charge is -2.34. The molecule has 0 bridgehead atoms. The van der Waals surface area contributed by atoms with Gasteiger partial charge in [0.2, 0.25) is 5.91 Å². The molecule has 126 valence electrons. The molecule has 0 aromatic carbocycles. The van der Waals surface area contributed by atoms with Gasteiger partial charge in [-0.25, -0.2) is 0 Å². The van der Waals surface area contributed by atoms with Gasteiger partial charge in [0.25, 0.3) is 5.91 Å². The second-order valence-corrected chi connectivity index (χ2v) is 6.64. The second-order valence-electron chi connectivity index (χ2n) is 6.64. The zero-order valence-corrected chi connectivity index (χ0v) is 13.4. The Labute approximate surface area is 136 Å². The van der Waals surface area contributed by atoms with Gasteiger partial charge in [0.1, 0.15) is 11.2 Å². The fraction of sp³-hybridized carbons (Fsp3) is 0.688. The van der Waals surface area contributed by atoms with Crippen LogP contribution in [0.15, 0.2) is 12.3 Å². The molecule has 2 aliphatic rings. The quantitative estimate of drug-likeness (QED) is 0.761. The molecule has 1 saturated heterocycles. The molecule has 1 saturated carbocycles. The first-order valence-corrected chi connectivity index (χ1v) is 8.49. The SMILES string of the molecule is NC(=O)C1(NC(=O)c2ccn(C3CCCNC3)n2)CCCCC1. The Morgan fingerprint density at radius 1 is 1.30 bits per heavy atom. The summed E-state index contributed by atoms with van der Waals surface area (Å²) in [4.78, 5) is 24.4. The number of carbonyl (C=O) groups excluding carboxylic acids is 2. The van der Waals surface area contributed by atoms with E-state index in [1.54, 1.807) is 6.07 Å². The molecule has 0 radical (unpaired) electrons. The lowest BCUT2D eigenvalue weighted by molar-refractivity contribution is -0.125.